The summed E-state index contributed by atoms with van der Waals surface area (Å²) < 4.78 is 2.42. The van der Waals surface area contributed by atoms with Crippen LogP contribution in [0.3, 0.4) is 0 Å². The first kappa shape index (κ1) is 9.91. The van der Waals surface area contributed by atoms with Crippen molar-refractivity contribution in [3.05, 3.63) is 36.0 Å². The molecule has 0 saturated carbocycles. The standard InChI is InChI=1S/C14H18N2/c1-15(2)13-7-6-11-4-3-5-12-8-9-16(10-13)14(11)12/h3-5,8-9,13H,6-7,10H2,1-2H3. The molecule has 0 saturated heterocycles. The molecular formula is C14H18N2. The Labute approximate surface area is 96.5 Å². The predicted octanol–water partition coefficient (Wildman–Crippen LogP) is 2.52. The zero-order valence-corrected chi connectivity index (χ0v) is 9.98. The van der Waals surface area contributed by atoms with Crippen LogP contribution in [0.1, 0.15) is 12.0 Å². The second kappa shape index (κ2) is 3.63. The van der Waals surface area contributed by atoms with Crippen LogP contribution in [0.2, 0.25) is 0 Å². The van der Waals surface area contributed by atoms with E-state index in [4.69, 9.17) is 0 Å². The highest BCUT2D eigenvalue weighted by Gasteiger charge is 2.18. The van der Waals surface area contributed by atoms with Crippen molar-refractivity contribution in [1.29, 1.82) is 0 Å². The lowest BCUT2D eigenvalue weighted by Gasteiger charge is -2.23. The van der Waals surface area contributed by atoms with E-state index in [0.717, 1.165) is 6.54 Å². The maximum Gasteiger partial charge on any atom is 0.0513 e. The van der Waals surface area contributed by atoms with Crippen molar-refractivity contribution in [2.45, 2.75) is 25.4 Å². The molecule has 0 radical (unpaired) electrons. The Hall–Kier alpha value is -1.28. The highest BCUT2D eigenvalue weighted by atomic mass is 15.1. The molecule has 2 nitrogen and oxygen atoms in total. The third kappa shape index (κ3) is 1.45. The van der Waals surface area contributed by atoms with Gasteiger partial charge in [-0.05, 0) is 44.0 Å². The summed E-state index contributed by atoms with van der Waals surface area (Å²) in [6, 6.07) is 9.56. The minimum absolute atomic E-state index is 0.656. The third-order valence-electron chi connectivity index (χ3n) is 3.76. The molecule has 16 heavy (non-hydrogen) atoms. The lowest BCUT2D eigenvalue weighted by molar-refractivity contribution is 0.256. The molecule has 2 heterocycles. The summed E-state index contributed by atoms with van der Waals surface area (Å²) in [4.78, 5) is 2.34. The second-order valence-corrected chi connectivity index (χ2v) is 4.98. The Balaban J connectivity index is 2.12. The number of nitrogens with zero attached hydrogens (tertiary/aromatic N) is 2. The van der Waals surface area contributed by atoms with Crippen LogP contribution in [0.4, 0.5) is 0 Å². The van der Waals surface area contributed by atoms with Gasteiger partial charge in [-0.1, -0.05) is 18.2 Å². The lowest BCUT2D eigenvalue weighted by atomic mass is 10.0. The van der Waals surface area contributed by atoms with E-state index in [1.807, 2.05) is 0 Å². The maximum absolute atomic E-state index is 2.42. The first-order valence-electron chi connectivity index (χ1n) is 5.99. The van der Waals surface area contributed by atoms with Crippen LogP contribution in [0.5, 0.6) is 0 Å². The normalized spacial score (nSPS) is 20.3. The monoisotopic (exact) mass is 214 g/mol. The Morgan fingerprint density at radius 1 is 1.25 bits per heavy atom. The van der Waals surface area contributed by atoms with Crippen LogP contribution in [0.15, 0.2) is 30.5 Å². The molecule has 2 heteroatoms. The minimum Gasteiger partial charge on any atom is -0.346 e. The molecule has 3 rings (SSSR count). The van der Waals surface area contributed by atoms with E-state index in [1.54, 1.807) is 0 Å². The molecular weight excluding hydrogens is 196 g/mol. The molecule has 84 valence electrons. The topological polar surface area (TPSA) is 8.17 Å². The van der Waals surface area contributed by atoms with Crippen LogP contribution in [0.25, 0.3) is 10.9 Å². The molecule has 0 bridgehead atoms. The van der Waals surface area contributed by atoms with Gasteiger partial charge in [-0.15, -0.1) is 0 Å². The molecule has 0 aliphatic carbocycles. The SMILES string of the molecule is CN(C)C1CCc2cccc3ccn(c23)C1. The lowest BCUT2D eigenvalue weighted by Crippen LogP contribution is -2.31. The smallest absolute Gasteiger partial charge is 0.0513 e. The van der Waals surface area contributed by atoms with Gasteiger partial charge in [0.15, 0.2) is 0 Å². The zero-order chi connectivity index (χ0) is 11.1. The van der Waals surface area contributed by atoms with Gasteiger partial charge < -0.3 is 9.47 Å². The summed E-state index contributed by atoms with van der Waals surface area (Å²) in [5.74, 6) is 0. The van der Waals surface area contributed by atoms with Crippen LogP contribution in [-0.4, -0.2) is 29.6 Å². The van der Waals surface area contributed by atoms with Crippen molar-refractivity contribution in [1.82, 2.24) is 9.47 Å². The molecule has 0 N–H and O–H groups in total. The number of hydrogen-bond donors (Lipinski definition) is 0. The number of benzene rings is 1. The van der Waals surface area contributed by atoms with Crippen molar-refractivity contribution in [2.24, 2.45) is 0 Å². The Bertz CT molecular complexity index is 510. The second-order valence-electron chi connectivity index (χ2n) is 4.98. The summed E-state index contributed by atoms with van der Waals surface area (Å²) in [6.45, 7) is 1.12. The molecule has 0 amide bonds. The van der Waals surface area contributed by atoms with E-state index < -0.39 is 0 Å². The number of aromatic nitrogens is 1. The van der Waals surface area contributed by atoms with Gasteiger partial charge in [0, 0.05) is 18.8 Å². The highest BCUT2D eigenvalue weighted by Crippen LogP contribution is 2.26. The number of aryl methyl sites for hydroxylation is 1. The van der Waals surface area contributed by atoms with Crippen LogP contribution >= 0.6 is 0 Å². The first-order valence-corrected chi connectivity index (χ1v) is 5.99. The molecule has 0 fully saturated rings. The van der Waals surface area contributed by atoms with Crippen molar-refractivity contribution >= 4 is 10.9 Å². The minimum atomic E-state index is 0.656. The van der Waals surface area contributed by atoms with Gasteiger partial charge in [0.05, 0.1) is 5.52 Å². The average molecular weight is 214 g/mol. The van der Waals surface area contributed by atoms with Gasteiger partial charge in [0.2, 0.25) is 0 Å². The number of rotatable bonds is 1. The summed E-state index contributed by atoms with van der Waals surface area (Å²) in [6.07, 6.45) is 4.69. The molecule has 0 spiro atoms. The first-order chi connectivity index (χ1) is 7.75. The zero-order valence-electron chi connectivity index (χ0n) is 9.98. The Morgan fingerprint density at radius 2 is 2.12 bits per heavy atom. The molecule has 1 unspecified atom stereocenters. The summed E-state index contributed by atoms with van der Waals surface area (Å²) in [5.41, 5.74) is 2.96. The van der Waals surface area contributed by atoms with E-state index in [-0.39, 0.29) is 0 Å². The number of hydrogen-bond acceptors (Lipinski definition) is 1. The van der Waals surface area contributed by atoms with Crippen molar-refractivity contribution in [2.75, 3.05) is 14.1 Å². The third-order valence-corrected chi connectivity index (χ3v) is 3.76. The molecule has 2 aromatic rings. The fourth-order valence-electron chi connectivity index (χ4n) is 2.76. The highest BCUT2D eigenvalue weighted by molar-refractivity contribution is 5.83. The predicted molar refractivity (Wildman–Crippen MR) is 67.7 cm³/mol. The molecule has 1 atom stereocenters. The van der Waals surface area contributed by atoms with Gasteiger partial charge in [0.1, 0.15) is 0 Å². The Kier molecular flexibility index (Phi) is 2.25. The van der Waals surface area contributed by atoms with Gasteiger partial charge >= 0.3 is 0 Å². The molecule has 1 aromatic carbocycles. The summed E-state index contributed by atoms with van der Waals surface area (Å²) in [7, 11) is 4.36. The Morgan fingerprint density at radius 3 is 2.94 bits per heavy atom. The average Bonchev–Trinajstić information content (AvgIpc) is 2.56. The van der Waals surface area contributed by atoms with Crippen LogP contribution in [0, 0.1) is 0 Å². The van der Waals surface area contributed by atoms with Gasteiger partial charge in [-0.2, -0.15) is 0 Å². The van der Waals surface area contributed by atoms with Crippen LogP contribution in [-0.2, 0) is 13.0 Å². The van der Waals surface area contributed by atoms with Gasteiger partial charge in [-0.25, -0.2) is 0 Å². The molecule has 1 aromatic heterocycles. The molecule has 1 aliphatic heterocycles. The van der Waals surface area contributed by atoms with Crippen molar-refractivity contribution in [3.8, 4) is 0 Å². The van der Waals surface area contributed by atoms with E-state index in [1.165, 1.54) is 29.3 Å². The number of likely N-dealkylation sites (N-methyl/N-ethyl adjacent to an activating group) is 1. The van der Waals surface area contributed by atoms with E-state index in [9.17, 15) is 0 Å². The van der Waals surface area contributed by atoms with Gasteiger partial charge in [0.25, 0.3) is 0 Å². The maximum atomic E-state index is 2.42. The van der Waals surface area contributed by atoms with Crippen molar-refractivity contribution in [3.63, 3.8) is 0 Å². The van der Waals surface area contributed by atoms with Crippen molar-refractivity contribution < 1.29 is 0 Å². The van der Waals surface area contributed by atoms with Crippen LogP contribution < -0.4 is 0 Å². The van der Waals surface area contributed by atoms with E-state index >= 15 is 0 Å². The quantitative estimate of drug-likeness (QED) is 0.708. The fourth-order valence-corrected chi connectivity index (χ4v) is 2.76. The summed E-state index contributed by atoms with van der Waals surface area (Å²) >= 11 is 0. The molecule has 1 aliphatic rings. The number of para-hydroxylation sites is 1. The largest absolute Gasteiger partial charge is 0.346 e. The summed E-state index contributed by atoms with van der Waals surface area (Å²) in [5, 5.41) is 1.39. The van der Waals surface area contributed by atoms with Gasteiger partial charge in [-0.3, -0.25) is 0 Å². The fraction of sp³-hybridized carbons (Fsp3) is 0.429. The van der Waals surface area contributed by atoms with E-state index in [2.05, 4.69) is 54.0 Å². The van der Waals surface area contributed by atoms with E-state index in [0.29, 0.717) is 6.04 Å².